The molecule has 154 valence electrons. The van der Waals surface area contributed by atoms with Crippen molar-refractivity contribution in [3.63, 3.8) is 0 Å². The van der Waals surface area contributed by atoms with E-state index >= 15 is 0 Å². The average Bonchev–Trinajstić information content (AvgIpc) is 3.14. The number of benzene rings is 1. The van der Waals surface area contributed by atoms with E-state index in [-0.39, 0.29) is 11.9 Å². The number of nitrogens with zero attached hydrogens (tertiary/aromatic N) is 4. The molecule has 1 aromatic carbocycles. The van der Waals surface area contributed by atoms with E-state index in [4.69, 9.17) is 5.73 Å². The van der Waals surface area contributed by atoms with E-state index in [1.165, 1.54) is 12.4 Å². The maximum absolute atomic E-state index is 11.9. The SMILES string of the molecule is C=CC(=O)N[C@H]1C/C(=C\C)c2c(-c3cnc4ccccc4c3)c3c(N)ncnc3n2C1. The van der Waals surface area contributed by atoms with Crippen molar-refractivity contribution >= 4 is 39.2 Å². The summed E-state index contributed by atoms with van der Waals surface area (Å²) in [5, 5.41) is 4.88. The predicted octanol–water partition coefficient (Wildman–Crippen LogP) is 3.71. The first-order chi connectivity index (χ1) is 15.1. The van der Waals surface area contributed by atoms with Gasteiger partial charge in [-0.2, -0.15) is 0 Å². The third-order valence-electron chi connectivity index (χ3n) is 5.80. The van der Waals surface area contributed by atoms with Gasteiger partial charge in [0, 0.05) is 29.3 Å². The van der Waals surface area contributed by atoms with Crippen LogP contribution >= 0.6 is 0 Å². The lowest BCUT2D eigenvalue weighted by atomic mass is 9.93. The molecule has 7 heteroatoms. The highest BCUT2D eigenvalue weighted by Gasteiger charge is 2.31. The van der Waals surface area contributed by atoms with Crippen LogP contribution in [0.15, 0.2) is 61.6 Å². The van der Waals surface area contributed by atoms with Gasteiger partial charge in [-0.1, -0.05) is 30.9 Å². The highest BCUT2D eigenvalue weighted by atomic mass is 16.1. The van der Waals surface area contributed by atoms with E-state index < -0.39 is 0 Å². The second kappa shape index (κ2) is 7.36. The molecule has 1 aliphatic rings. The Kier molecular flexibility index (Phi) is 4.51. The maximum atomic E-state index is 11.9. The number of aromatic nitrogens is 4. The average molecular weight is 410 g/mol. The van der Waals surface area contributed by atoms with Crippen LogP contribution in [0.5, 0.6) is 0 Å². The first kappa shape index (κ1) is 19.0. The number of nitrogens with two attached hydrogens (primary N) is 1. The highest BCUT2D eigenvalue weighted by molar-refractivity contribution is 6.07. The van der Waals surface area contributed by atoms with Crippen LogP contribution in [-0.4, -0.2) is 31.5 Å². The Bertz CT molecular complexity index is 1380. The van der Waals surface area contributed by atoms with Crippen molar-refractivity contribution < 1.29 is 4.79 Å². The molecule has 0 saturated heterocycles. The molecule has 0 fully saturated rings. The Balaban J connectivity index is 1.78. The van der Waals surface area contributed by atoms with Crippen LogP contribution in [0.1, 0.15) is 19.0 Å². The lowest BCUT2D eigenvalue weighted by Gasteiger charge is -2.28. The van der Waals surface area contributed by atoms with Gasteiger partial charge in [-0.25, -0.2) is 9.97 Å². The van der Waals surface area contributed by atoms with Crippen LogP contribution in [0.25, 0.3) is 38.6 Å². The van der Waals surface area contributed by atoms with Crippen LogP contribution in [0.2, 0.25) is 0 Å². The van der Waals surface area contributed by atoms with Gasteiger partial charge in [0.25, 0.3) is 0 Å². The molecule has 4 aromatic rings. The Hall–Kier alpha value is -4.00. The zero-order valence-corrected chi connectivity index (χ0v) is 17.2. The van der Waals surface area contributed by atoms with Crippen molar-refractivity contribution in [2.45, 2.75) is 25.9 Å². The Morgan fingerprint density at radius 2 is 2.13 bits per heavy atom. The summed E-state index contributed by atoms with van der Waals surface area (Å²) in [6, 6.07) is 10.1. The number of fused-ring (bicyclic) bond motifs is 4. The van der Waals surface area contributed by atoms with Gasteiger partial charge >= 0.3 is 0 Å². The van der Waals surface area contributed by atoms with Crippen molar-refractivity contribution in [3.8, 4) is 11.1 Å². The third kappa shape index (κ3) is 3.06. The summed E-state index contributed by atoms with van der Waals surface area (Å²) in [4.78, 5) is 25.4. The summed E-state index contributed by atoms with van der Waals surface area (Å²) in [5.41, 5.74) is 12.1. The molecule has 5 rings (SSSR count). The molecule has 0 radical (unpaired) electrons. The maximum Gasteiger partial charge on any atom is 0.243 e. The van der Waals surface area contributed by atoms with Crippen LogP contribution < -0.4 is 11.1 Å². The zero-order valence-electron chi connectivity index (χ0n) is 17.2. The topological polar surface area (TPSA) is 98.7 Å². The molecule has 0 unspecified atom stereocenters. The van der Waals surface area contributed by atoms with Crippen LogP contribution in [0, 0.1) is 0 Å². The van der Waals surface area contributed by atoms with Crippen LogP contribution in [-0.2, 0) is 11.3 Å². The van der Waals surface area contributed by atoms with Gasteiger partial charge in [-0.05, 0) is 37.1 Å². The van der Waals surface area contributed by atoms with E-state index in [1.807, 2.05) is 37.4 Å². The van der Waals surface area contributed by atoms with Crippen LogP contribution in [0.3, 0.4) is 0 Å². The monoisotopic (exact) mass is 410 g/mol. The molecule has 4 heterocycles. The molecule has 3 N–H and O–H groups in total. The third-order valence-corrected chi connectivity index (χ3v) is 5.80. The van der Waals surface area contributed by atoms with Gasteiger partial charge in [0.2, 0.25) is 5.91 Å². The van der Waals surface area contributed by atoms with Gasteiger partial charge < -0.3 is 15.6 Å². The highest BCUT2D eigenvalue weighted by Crippen LogP contribution is 2.43. The minimum atomic E-state index is -0.187. The van der Waals surface area contributed by atoms with Crippen molar-refractivity contribution in [2.24, 2.45) is 0 Å². The molecule has 1 aliphatic heterocycles. The molecule has 1 amide bonds. The fourth-order valence-corrected chi connectivity index (χ4v) is 4.45. The van der Waals surface area contributed by atoms with E-state index in [0.717, 1.165) is 44.3 Å². The first-order valence-corrected chi connectivity index (χ1v) is 10.2. The summed E-state index contributed by atoms with van der Waals surface area (Å²) in [7, 11) is 0. The largest absolute Gasteiger partial charge is 0.383 e. The quantitative estimate of drug-likeness (QED) is 0.502. The molecule has 0 aliphatic carbocycles. The fraction of sp³-hybridized carbons (Fsp3) is 0.167. The van der Waals surface area contributed by atoms with E-state index in [1.54, 1.807) is 0 Å². The minimum Gasteiger partial charge on any atom is -0.383 e. The number of hydrogen-bond acceptors (Lipinski definition) is 5. The smallest absolute Gasteiger partial charge is 0.243 e. The molecule has 1 atom stereocenters. The van der Waals surface area contributed by atoms with Gasteiger partial charge in [0.05, 0.1) is 22.6 Å². The summed E-state index contributed by atoms with van der Waals surface area (Å²) in [6.45, 7) is 6.15. The minimum absolute atomic E-state index is 0.0708. The number of amides is 1. The molecule has 0 spiro atoms. The Morgan fingerprint density at radius 1 is 1.29 bits per heavy atom. The van der Waals surface area contributed by atoms with Gasteiger partial charge in [-0.15, -0.1) is 0 Å². The second-order valence-corrected chi connectivity index (χ2v) is 7.64. The summed E-state index contributed by atoms with van der Waals surface area (Å²) >= 11 is 0. The summed E-state index contributed by atoms with van der Waals surface area (Å²) < 4.78 is 2.13. The number of allylic oxidation sites excluding steroid dienone is 1. The van der Waals surface area contributed by atoms with E-state index in [9.17, 15) is 4.79 Å². The number of carbonyl (C=O) groups excluding carboxylic acids is 1. The number of anilines is 1. The van der Waals surface area contributed by atoms with Gasteiger partial charge in [0.15, 0.2) is 0 Å². The number of para-hydroxylation sites is 1. The molecule has 0 bridgehead atoms. The number of carbonyl (C=O) groups is 1. The summed E-state index contributed by atoms with van der Waals surface area (Å²) in [5.74, 6) is 0.241. The zero-order chi connectivity index (χ0) is 21.5. The number of rotatable bonds is 3. The molecule has 3 aromatic heterocycles. The fourth-order valence-electron chi connectivity index (χ4n) is 4.45. The molecule has 31 heavy (non-hydrogen) atoms. The molecular weight excluding hydrogens is 388 g/mol. The number of nitrogens with one attached hydrogen (secondary N) is 1. The van der Waals surface area contributed by atoms with Gasteiger partial charge in [0.1, 0.15) is 17.8 Å². The summed E-state index contributed by atoms with van der Waals surface area (Å²) in [6.07, 6.45) is 7.44. The van der Waals surface area contributed by atoms with E-state index in [2.05, 4.69) is 43.6 Å². The van der Waals surface area contributed by atoms with Gasteiger partial charge in [-0.3, -0.25) is 9.78 Å². The van der Waals surface area contributed by atoms with E-state index in [0.29, 0.717) is 18.8 Å². The number of nitrogen functional groups attached to an aromatic ring is 1. The lowest BCUT2D eigenvalue weighted by molar-refractivity contribution is -0.117. The van der Waals surface area contributed by atoms with Crippen LogP contribution in [0.4, 0.5) is 5.82 Å². The Labute approximate surface area is 179 Å². The number of pyridine rings is 1. The van der Waals surface area contributed by atoms with Crippen molar-refractivity contribution in [1.29, 1.82) is 0 Å². The van der Waals surface area contributed by atoms with Crippen molar-refractivity contribution in [2.75, 3.05) is 5.73 Å². The standard InChI is InChI=1S/C24H22N6O/c1-3-14-10-17(29-19(31)4-2)12-30-22(14)20(21-23(25)27-13-28-24(21)30)16-9-15-7-5-6-8-18(15)26-11-16/h3-9,11,13,17H,2,10,12H2,1H3,(H,29,31)(H2,25,27,28)/b14-3+/t17-/m0/s1. The Morgan fingerprint density at radius 3 is 2.94 bits per heavy atom. The lowest BCUT2D eigenvalue weighted by Crippen LogP contribution is -2.39. The molecule has 0 saturated carbocycles. The molecular formula is C24H22N6O. The van der Waals surface area contributed by atoms with Crippen molar-refractivity contribution in [1.82, 2.24) is 24.8 Å². The first-order valence-electron chi connectivity index (χ1n) is 10.2. The van der Waals surface area contributed by atoms with Crippen molar-refractivity contribution in [3.05, 3.63) is 67.3 Å². The predicted molar refractivity (Wildman–Crippen MR) is 123 cm³/mol. The normalized spacial score (nSPS) is 17.1. The number of hydrogen-bond donors (Lipinski definition) is 2. The second-order valence-electron chi connectivity index (χ2n) is 7.64. The molecule has 7 nitrogen and oxygen atoms in total.